The van der Waals surface area contributed by atoms with Gasteiger partial charge in [-0.2, -0.15) is 0 Å². The van der Waals surface area contributed by atoms with Crippen LogP contribution in [0.3, 0.4) is 0 Å². The smallest absolute Gasteiger partial charge is 0.269 e. The first kappa shape index (κ1) is 26.7. The van der Waals surface area contributed by atoms with Crippen molar-refractivity contribution in [1.29, 1.82) is 0 Å². The van der Waals surface area contributed by atoms with Gasteiger partial charge < -0.3 is 4.90 Å². The molecule has 0 aliphatic heterocycles. The minimum Gasteiger partial charge on any atom is -0.332 e. The largest absolute Gasteiger partial charge is 0.332 e. The van der Waals surface area contributed by atoms with Crippen LogP contribution in [-0.4, -0.2) is 29.9 Å². The van der Waals surface area contributed by atoms with Gasteiger partial charge in [0.15, 0.2) is 0 Å². The fourth-order valence-electron chi connectivity index (χ4n) is 4.20. The summed E-state index contributed by atoms with van der Waals surface area (Å²) in [6.07, 6.45) is 1.45. The zero-order chi connectivity index (χ0) is 28.4. The number of hydrogen-bond donors (Lipinski definition) is 1. The number of rotatable bonds is 8. The average Bonchev–Trinajstić information content (AvgIpc) is 2.96. The number of ketones is 2. The van der Waals surface area contributed by atoms with Crippen LogP contribution in [-0.2, 0) is 16.6 Å². The Balaban J connectivity index is 1.55. The molecule has 0 spiro atoms. The van der Waals surface area contributed by atoms with Crippen molar-refractivity contribution in [1.82, 2.24) is 4.98 Å². The van der Waals surface area contributed by atoms with Gasteiger partial charge in [-0.25, -0.2) is 13.4 Å². The summed E-state index contributed by atoms with van der Waals surface area (Å²) in [5.41, 5.74) is 1.10. The standard InChI is InChI=1S/C28H19ClN4O6S/c29-25-26(28(35)23-6-2-1-5-22(23)27(25)34)32(17-18-8-10-20(11-9-18)33(36)37)19-12-14-21(15-13-19)40(38,39)31-24-7-3-4-16-30-24/h1-16H,17H2,(H,30,31). The molecule has 0 unspecified atom stereocenters. The Morgan fingerprint density at radius 1 is 0.850 bits per heavy atom. The van der Waals surface area contributed by atoms with Crippen molar-refractivity contribution in [2.45, 2.75) is 11.4 Å². The molecule has 0 radical (unpaired) electrons. The quantitative estimate of drug-likeness (QED) is 0.220. The molecule has 0 fully saturated rings. The SMILES string of the molecule is O=C1C(Cl)=C(N(Cc2ccc([N+](=O)[O-])cc2)c2ccc(S(=O)(=O)Nc3ccccn3)cc2)C(=O)c2ccccc21. The molecule has 3 aromatic carbocycles. The molecule has 1 aliphatic rings. The minimum atomic E-state index is -3.98. The van der Waals surface area contributed by atoms with Gasteiger partial charge in [-0.05, 0) is 42.0 Å². The number of non-ortho nitro benzene ring substituents is 1. The van der Waals surface area contributed by atoms with Gasteiger partial charge >= 0.3 is 0 Å². The van der Waals surface area contributed by atoms with Gasteiger partial charge in [-0.1, -0.05) is 54.1 Å². The Kier molecular flexibility index (Phi) is 7.16. The number of pyridine rings is 1. The Bertz CT molecular complexity index is 1770. The monoisotopic (exact) mass is 574 g/mol. The maximum atomic E-state index is 13.6. The molecular weight excluding hydrogens is 556 g/mol. The number of nitrogens with one attached hydrogen (secondary N) is 1. The van der Waals surface area contributed by atoms with Crippen LogP contribution in [0.15, 0.2) is 113 Å². The Morgan fingerprint density at radius 2 is 1.48 bits per heavy atom. The Labute approximate surface area is 233 Å². The van der Waals surface area contributed by atoms with E-state index in [4.69, 9.17) is 11.6 Å². The molecular formula is C28H19ClN4O6S. The summed E-state index contributed by atoms with van der Waals surface area (Å²) in [4.78, 5) is 42.7. The first-order valence-corrected chi connectivity index (χ1v) is 13.6. The molecule has 0 saturated carbocycles. The number of carbonyl (C=O) groups is 2. The molecule has 1 N–H and O–H groups in total. The first-order chi connectivity index (χ1) is 19.2. The van der Waals surface area contributed by atoms with E-state index in [1.54, 1.807) is 24.3 Å². The van der Waals surface area contributed by atoms with Gasteiger partial charge in [0.2, 0.25) is 11.6 Å². The van der Waals surface area contributed by atoms with Gasteiger partial charge in [0, 0.05) is 41.7 Å². The van der Waals surface area contributed by atoms with Crippen LogP contribution >= 0.6 is 11.6 Å². The van der Waals surface area contributed by atoms with Crippen LogP contribution in [0.5, 0.6) is 0 Å². The number of carbonyl (C=O) groups excluding carboxylic acids is 2. The highest BCUT2D eigenvalue weighted by molar-refractivity contribution is 7.92. The number of hydrogen-bond acceptors (Lipinski definition) is 8. The van der Waals surface area contributed by atoms with Crippen LogP contribution in [0, 0.1) is 10.1 Å². The zero-order valence-electron chi connectivity index (χ0n) is 20.5. The number of nitrogens with zero attached hydrogens (tertiary/aromatic N) is 3. The number of nitro groups is 1. The lowest BCUT2D eigenvalue weighted by Gasteiger charge is -2.30. The molecule has 0 saturated heterocycles. The third kappa shape index (κ3) is 5.20. The predicted molar refractivity (Wildman–Crippen MR) is 149 cm³/mol. The molecule has 1 heterocycles. The minimum absolute atomic E-state index is 0.00299. The number of nitro benzene ring substituents is 1. The molecule has 0 amide bonds. The third-order valence-corrected chi connectivity index (χ3v) is 7.88. The second-order valence-electron chi connectivity index (χ2n) is 8.69. The molecule has 200 valence electrons. The van der Waals surface area contributed by atoms with Crippen molar-refractivity contribution in [3.05, 3.63) is 135 Å². The van der Waals surface area contributed by atoms with Crippen LogP contribution in [0.4, 0.5) is 17.2 Å². The summed E-state index contributed by atoms with van der Waals surface area (Å²) in [5.74, 6) is -0.872. The molecule has 0 bridgehead atoms. The third-order valence-electron chi connectivity index (χ3n) is 6.16. The number of fused-ring (bicyclic) bond motifs is 1. The van der Waals surface area contributed by atoms with Crippen molar-refractivity contribution >= 4 is 50.4 Å². The van der Waals surface area contributed by atoms with E-state index in [2.05, 4.69) is 9.71 Å². The number of allylic oxidation sites excluding steroid dienone is 2. The van der Waals surface area contributed by atoms with Crippen LogP contribution in [0.1, 0.15) is 26.3 Å². The van der Waals surface area contributed by atoms with Gasteiger partial charge in [0.1, 0.15) is 16.5 Å². The van der Waals surface area contributed by atoms with Crippen molar-refractivity contribution in [3.8, 4) is 0 Å². The molecule has 1 aliphatic carbocycles. The van der Waals surface area contributed by atoms with E-state index < -0.39 is 26.5 Å². The summed E-state index contributed by atoms with van der Waals surface area (Å²) < 4.78 is 28.2. The van der Waals surface area contributed by atoms with E-state index in [0.717, 1.165) is 0 Å². The van der Waals surface area contributed by atoms with Crippen molar-refractivity contribution < 1.29 is 22.9 Å². The normalized spacial score (nSPS) is 13.1. The highest BCUT2D eigenvalue weighted by atomic mass is 35.5. The fourth-order valence-corrected chi connectivity index (χ4v) is 5.50. The zero-order valence-corrected chi connectivity index (χ0v) is 22.1. The van der Waals surface area contributed by atoms with E-state index in [0.29, 0.717) is 11.3 Å². The fraction of sp³-hybridized carbons (Fsp3) is 0.0357. The summed E-state index contributed by atoms with van der Waals surface area (Å²) in [7, 11) is -3.98. The van der Waals surface area contributed by atoms with E-state index in [-0.39, 0.29) is 44.8 Å². The Morgan fingerprint density at radius 3 is 2.08 bits per heavy atom. The molecule has 1 aromatic heterocycles. The lowest BCUT2D eigenvalue weighted by Crippen LogP contribution is -2.33. The van der Waals surface area contributed by atoms with Crippen molar-refractivity contribution in [2.75, 3.05) is 9.62 Å². The molecule has 40 heavy (non-hydrogen) atoms. The van der Waals surface area contributed by atoms with E-state index >= 15 is 0 Å². The average molecular weight is 575 g/mol. The molecule has 0 atom stereocenters. The van der Waals surface area contributed by atoms with Crippen LogP contribution < -0.4 is 9.62 Å². The number of Topliss-reactive ketones (excluding diaryl/α,β-unsaturated/α-hetero) is 2. The number of benzene rings is 3. The van der Waals surface area contributed by atoms with Crippen molar-refractivity contribution in [2.24, 2.45) is 0 Å². The summed E-state index contributed by atoms with van der Waals surface area (Å²) in [5, 5.41) is 10.8. The highest BCUT2D eigenvalue weighted by Gasteiger charge is 2.35. The van der Waals surface area contributed by atoms with Gasteiger partial charge in [0.25, 0.3) is 15.7 Å². The number of halogens is 1. The van der Waals surface area contributed by atoms with E-state index in [1.807, 2.05) is 0 Å². The second-order valence-corrected chi connectivity index (χ2v) is 10.8. The Hall–Kier alpha value is -4.87. The maximum absolute atomic E-state index is 13.6. The molecule has 12 heteroatoms. The lowest BCUT2D eigenvalue weighted by molar-refractivity contribution is -0.384. The van der Waals surface area contributed by atoms with E-state index in [9.17, 15) is 28.1 Å². The number of sulfonamides is 1. The van der Waals surface area contributed by atoms with E-state index in [1.165, 1.54) is 77.8 Å². The number of anilines is 2. The molecule has 10 nitrogen and oxygen atoms in total. The molecule has 4 aromatic rings. The first-order valence-electron chi connectivity index (χ1n) is 11.8. The van der Waals surface area contributed by atoms with Crippen LogP contribution in [0.2, 0.25) is 0 Å². The number of aromatic nitrogens is 1. The maximum Gasteiger partial charge on any atom is 0.269 e. The van der Waals surface area contributed by atoms with Gasteiger partial charge in [-0.3, -0.25) is 24.4 Å². The second kappa shape index (κ2) is 10.7. The summed E-state index contributed by atoms with van der Waals surface area (Å²) in [6.45, 7) is 0.00299. The predicted octanol–water partition coefficient (Wildman–Crippen LogP) is 5.33. The lowest BCUT2D eigenvalue weighted by atomic mass is 9.91. The van der Waals surface area contributed by atoms with Gasteiger partial charge in [-0.15, -0.1) is 0 Å². The molecule has 5 rings (SSSR count). The highest BCUT2D eigenvalue weighted by Crippen LogP contribution is 2.35. The summed E-state index contributed by atoms with van der Waals surface area (Å²) in [6, 6.07) is 22.5. The van der Waals surface area contributed by atoms with Crippen molar-refractivity contribution in [3.63, 3.8) is 0 Å². The van der Waals surface area contributed by atoms with Gasteiger partial charge in [0.05, 0.1) is 9.82 Å². The topological polar surface area (TPSA) is 140 Å². The van der Waals surface area contributed by atoms with Crippen LogP contribution in [0.25, 0.3) is 0 Å². The summed E-state index contributed by atoms with van der Waals surface area (Å²) >= 11 is 6.49.